The van der Waals surface area contributed by atoms with Gasteiger partial charge >= 0.3 is 6.03 Å². The second-order valence-corrected chi connectivity index (χ2v) is 1.92. The van der Waals surface area contributed by atoms with Gasteiger partial charge in [0, 0.05) is 6.08 Å². The summed E-state index contributed by atoms with van der Waals surface area (Å²) >= 11 is 0. The predicted octanol–water partition coefficient (Wildman–Crippen LogP) is -1.20. The van der Waals surface area contributed by atoms with Gasteiger partial charge in [-0.15, -0.1) is 0 Å². The molecule has 0 unspecified atom stereocenters. The van der Waals surface area contributed by atoms with Crippen molar-refractivity contribution in [1.82, 2.24) is 10.6 Å². The summed E-state index contributed by atoms with van der Waals surface area (Å²) in [7, 11) is 0. The number of rotatable bonds is 0. The summed E-state index contributed by atoms with van der Waals surface area (Å²) in [5.74, 6) is -1.71. The number of hydrogen-bond donors (Lipinski definition) is 2. The van der Waals surface area contributed by atoms with Gasteiger partial charge in [0.2, 0.25) is 0 Å². The van der Waals surface area contributed by atoms with Gasteiger partial charge in [0.15, 0.2) is 0 Å². The fourth-order valence-corrected chi connectivity index (χ4v) is 0.671. The standard InChI is InChI=1S/C6H3N3O3/c7-2-1-3-4(10)8-6(12)9-5(3)11/h1H,(H2,8,9,10,11,12). The number of carbonyl (C=O) groups excluding carboxylic acids is 3. The van der Waals surface area contributed by atoms with Crippen molar-refractivity contribution >= 4 is 17.8 Å². The third kappa shape index (κ3) is 1.29. The molecule has 1 heterocycles. The minimum Gasteiger partial charge on any atom is -0.273 e. The zero-order valence-corrected chi connectivity index (χ0v) is 5.75. The van der Waals surface area contributed by atoms with Crippen LogP contribution in [0.5, 0.6) is 0 Å². The van der Waals surface area contributed by atoms with E-state index in [9.17, 15) is 14.4 Å². The molecule has 0 atom stereocenters. The summed E-state index contributed by atoms with van der Waals surface area (Å²) in [5.41, 5.74) is -0.364. The zero-order chi connectivity index (χ0) is 9.14. The van der Waals surface area contributed by atoms with E-state index in [4.69, 9.17) is 5.26 Å². The molecule has 0 aromatic heterocycles. The number of nitrogens with zero attached hydrogens (tertiary/aromatic N) is 1. The van der Waals surface area contributed by atoms with E-state index in [1.807, 2.05) is 10.6 Å². The Hall–Kier alpha value is -2.16. The SMILES string of the molecule is N#CC=C1C(=O)NC(=O)NC1=O. The topological polar surface area (TPSA) is 99.1 Å². The molecule has 4 amide bonds. The molecule has 6 heteroatoms. The molecule has 1 aliphatic rings. The lowest BCUT2D eigenvalue weighted by Crippen LogP contribution is -2.51. The molecule has 12 heavy (non-hydrogen) atoms. The summed E-state index contributed by atoms with van der Waals surface area (Å²) < 4.78 is 0. The van der Waals surface area contributed by atoms with Crippen LogP contribution in [0.2, 0.25) is 0 Å². The molecular formula is C6H3N3O3. The molecule has 1 saturated heterocycles. The Labute approximate surface area is 66.8 Å². The number of carbonyl (C=O) groups is 3. The van der Waals surface area contributed by atoms with Gasteiger partial charge < -0.3 is 0 Å². The number of imide groups is 2. The fourth-order valence-electron chi connectivity index (χ4n) is 0.671. The number of allylic oxidation sites excluding steroid dienone is 1. The van der Waals surface area contributed by atoms with Crippen LogP contribution < -0.4 is 10.6 Å². The average molecular weight is 165 g/mol. The van der Waals surface area contributed by atoms with E-state index < -0.39 is 17.8 Å². The highest BCUT2D eigenvalue weighted by molar-refractivity contribution is 6.29. The van der Waals surface area contributed by atoms with Gasteiger partial charge in [-0.1, -0.05) is 0 Å². The van der Waals surface area contributed by atoms with Crippen molar-refractivity contribution in [1.29, 1.82) is 5.26 Å². The molecule has 1 fully saturated rings. The van der Waals surface area contributed by atoms with Crippen LogP contribution in [0, 0.1) is 11.3 Å². The van der Waals surface area contributed by atoms with Crippen molar-refractivity contribution in [3.05, 3.63) is 11.6 Å². The van der Waals surface area contributed by atoms with E-state index in [1.54, 1.807) is 0 Å². The minimum atomic E-state index is -0.875. The molecule has 6 nitrogen and oxygen atoms in total. The van der Waals surface area contributed by atoms with Crippen molar-refractivity contribution in [3.8, 4) is 6.07 Å². The van der Waals surface area contributed by atoms with Gasteiger partial charge in [-0.25, -0.2) is 4.79 Å². The van der Waals surface area contributed by atoms with Gasteiger partial charge in [-0.2, -0.15) is 5.26 Å². The Bertz CT molecular complexity index is 314. The molecule has 0 spiro atoms. The van der Waals surface area contributed by atoms with Gasteiger partial charge in [0.25, 0.3) is 11.8 Å². The van der Waals surface area contributed by atoms with Crippen LogP contribution in [-0.2, 0) is 9.59 Å². The largest absolute Gasteiger partial charge is 0.328 e. The first-order valence-electron chi connectivity index (χ1n) is 2.91. The molecule has 60 valence electrons. The number of urea groups is 1. The summed E-state index contributed by atoms with van der Waals surface area (Å²) in [6.07, 6.45) is 0.775. The van der Waals surface area contributed by atoms with Crippen molar-refractivity contribution in [2.24, 2.45) is 0 Å². The lowest BCUT2D eigenvalue weighted by molar-refractivity contribution is -0.124. The van der Waals surface area contributed by atoms with E-state index in [2.05, 4.69) is 0 Å². The first kappa shape index (κ1) is 7.94. The van der Waals surface area contributed by atoms with Crippen LogP contribution in [0.15, 0.2) is 11.6 Å². The lowest BCUT2D eigenvalue weighted by Gasteiger charge is -2.12. The molecule has 0 aliphatic carbocycles. The molecule has 0 aromatic rings. The summed E-state index contributed by atoms with van der Waals surface area (Å²) in [4.78, 5) is 32.0. The maximum absolute atomic E-state index is 10.8. The van der Waals surface area contributed by atoms with Crippen LogP contribution >= 0.6 is 0 Å². The third-order valence-electron chi connectivity index (χ3n) is 1.15. The van der Waals surface area contributed by atoms with Crippen LogP contribution in [0.1, 0.15) is 0 Å². The Balaban J connectivity index is 2.98. The van der Waals surface area contributed by atoms with Crippen molar-refractivity contribution in [2.45, 2.75) is 0 Å². The molecular weight excluding hydrogens is 162 g/mol. The number of barbiturate groups is 1. The summed E-state index contributed by atoms with van der Waals surface area (Å²) in [6, 6.07) is 0.643. The quantitative estimate of drug-likeness (QED) is 0.267. The second-order valence-electron chi connectivity index (χ2n) is 1.92. The minimum absolute atomic E-state index is 0.364. The van der Waals surface area contributed by atoms with E-state index in [1.165, 1.54) is 6.07 Å². The van der Waals surface area contributed by atoms with Gasteiger partial charge in [0.1, 0.15) is 5.57 Å². The van der Waals surface area contributed by atoms with Crippen molar-refractivity contribution in [2.75, 3.05) is 0 Å². The summed E-state index contributed by atoms with van der Waals surface area (Å²) in [5, 5.41) is 11.8. The normalized spacial score (nSPS) is 16.2. The first-order chi connectivity index (χ1) is 5.65. The van der Waals surface area contributed by atoms with Crippen molar-refractivity contribution < 1.29 is 14.4 Å². The average Bonchev–Trinajstić information content (AvgIpc) is 1.96. The molecule has 0 saturated carbocycles. The van der Waals surface area contributed by atoms with Gasteiger partial charge in [-0.3, -0.25) is 20.2 Å². The third-order valence-corrected chi connectivity index (χ3v) is 1.15. The molecule has 2 N–H and O–H groups in total. The summed E-state index contributed by atoms with van der Waals surface area (Å²) in [6.45, 7) is 0. The van der Waals surface area contributed by atoms with Crippen LogP contribution in [0.25, 0.3) is 0 Å². The Morgan fingerprint density at radius 1 is 1.17 bits per heavy atom. The number of hydrogen-bond acceptors (Lipinski definition) is 4. The highest BCUT2D eigenvalue weighted by Crippen LogP contribution is 1.98. The Kier molecular flexibility index (Phi) is 1.88. The van der Waals surface area contributed by atoms with Crippen molar-refractivity contribution in [3.63, 3.8) is 0 Å². The zero-order valence-electron chi connectivity index (χ0n) is 5.75. The number of nitriles is 1. The predicted molar refractivity (Wildman–Crippen MR) is 35.4 cm³/mol. The second kappa shape index (κ2) is 2.84. The molecule has 1 rings (SSSR count). The fraction of sp³-hybridized carbons (Fsp3) is 0. The lowest BCUT2D eigenvalue weighted by atomic mass is 10.2. The molecule has 0 bridgehead atoms. The van der Waals surface area contributed by atoms with E-state index in [0.717, 1.165) is 6.08 Å². The first-order valence-corrected chi connectivity index (χ1v) is 2.91. The Morgan fingerprint density at radius 2 is 1.67 bits per heavy atom. The maximum Gasteiger partial charge on any atom is 0.328 e. The highest BCUT2D eigenvalue weighted by Gasteiger charge is 2.27. The smallest absolute Gasteiger partial charge is 0.273 e. The maximum atomic E-state index is 10.8. The van der Waals surface area contributed by atoms with Crippen LogP contribution in [0.3, 0.4) is 0 Å². The molecule has 1 aliphatic heterocycles. The van der Waals surface area contributed by atoms with E-state index in [-0.39, 0.29) is 5.57 Å². The number of amides is 4. The van der Waals surface area contributed by atoms with E-state index >= 15 is 0 Å². The number of nitrogens with one attached hydrogen (secondary N) is 2. The van der Waals surface area contributed by atoms with Gasteiger partial charge in [-0.05, 0) is 0 Å². The van der Waals surface area contributed by atoms with Crippen LogP contribution in [-0.4, -0.2) is 17.8 Å². The van der Waals surface area contributed by atoms with Gasteiger partial charge in [0.05, 0.1) is 6.07 Å². The molecule has 0 aromatic carbocycles. The highest BCUT2D eigenvalue weighted by atomic mass is 16.2. The van der Waals surface area contributed by atoms with E-state index in [0.29, 0.717) is 0 Å². The van der Waals surface area contributed by atoms with Crippen LogP contribution in [0.4, 0.5) is 4.79 Å². The monoisotopic (exact) mass is 165 g/mol. The molecule has 0 radical (unpaired) electrons. The Morgan fingerprint density at radius 3 is 2.08 bits per heavy atom.